The van der Waals surface area contributed by atoms with Crippen molar-refractivity contribution in [1.82, 2.24) is 9.80 Å². The van der Waals surface area contributed by atoms with Crippen LogP contribution in [0.4, 0.5) is 0 Å². The maximum Gasteiger partial charge on any atom is 0.122 e. The zero-order chi connectivity index (χ0) is 17.7. The molecule has 1 aromatic rings. The van der Waals surface area contributed by atoms with E-state index in [-0.39, 0.29) is 6.61 Å². The predicted molar refractivity (Wildman–Crippen MR) is 99.6 cm³/mol. The molecule has 0 aromatic heterocycles. The third-order valence-electron chi connectivity index (χ3n) is 5.22. The first-order valence-corrected chi connectivity index (χ1v) is 9.16. The maximum absolute atomic E-state index is 9.48. The van der Waals surface area contributed by atoms with Gasteiger partial charge in [0, 0.05) is 45.4 Å². The van der Waals surface area contributed by atoms with E-state index in [4.69, 9.17) is 4.74 Å². The topological polar surface area (TPSA) is 35.9 Å². The molecule has 1 aliphatic rings. The smallest absolute Gasteiger partial charge is 0.122 e. The van der Waals surface area contributed by atoms with Crippen molar-refractivity contribution in [2.24, 2.45) is 5.92 Å². The Kier molecular flexibility index (Phi) is 7.08. The molecule has 4 nitrogen and oxygen atoms in total. The summed E-state index contributed by atoms with van der Waals surface area (Å²) in [6.45, 7) is 14.5. The number of hydrogen-bond acceptors (Lipinski definition) is 4. The Bertz CT molecular complexity index is 531. The van der Waals surface area contributed by atoms with Crippen LogP contribution in [0.1, 0.15) is 37.0 Å². The van der Waals surface area contributed by atoms with Crippen LogP contribution in [0.15, 0.2) is 12.1 Å². The molecule has 0 radical (unpaired) electrons. The lowest BCUT2D eigenvalue weighted by molar-refractivity contribution is 0.0482. The van der Waals surface area contributed by atoms with E-state index in [0.29, 0.717) is 12.0 Å². The van der Waals surface area contributed by atoms with Crippen molar-refractivity contribution < 1.29 is 9.84 Å². The molecule has 0 aliphatic carbocycles. The number of benzene rings is 1. The van der Waals surface area contributed by atoms with Crippen LogP contribution in [-0.2, 0) is 6.54 Å². The standard InChI is InChI=1S/C20H34N2O2/c1-15(2)12-21-9-10-22(19(14-21)8-11-23)13-18-6-7-20(24-5)17(4)16(18)3/h6-7,15,19,23H,8-14H2,1-5H3/t19-/m0/s1. The minimum absolute atomic E-state index is 0.261. The van der Waals surface area contributed by atoms with Gasteiger partial charge in [-0.1, -0.05) is 19.9 Å². The van der Waals surface area contributed by atoms with E-state index >= 15 is 0 Å². The number of rotatable bonds is 7. The largest absolute Gasteiger partial charge is 0.496 e. The van der Waals surface area contributed by atoms with Crippen LogP contribution < -0.4 is 4.74 Å². The van der Waals surface area contributed by atoms with Gasteiger partial charge in [-0.15, -0.1) is 0 Å². The first kappa shape index (κ1) is 19.2. The quantitative estimate of drug-likeness (QED) is 0.832. The summed E-state index contributed by atoms with van der Waals surface area (Å²) in [6.07, 6.45) is 0.850. The Morgan fingerprint density at radius 2 is 1.96 bits per heavy atom. The third-order valence-corrected chi connectivity index (χ3v) is 5.22. The van der Waals surface area contributed by atoms with Gasteiger partial charge in [0.15, 0.2) is 0 Å². The Balaban J connectivity index is 2.09. The van der Waals surface area contributed by atoms with Crippen molar-refractivity contribution in [3.8, 4) is 5.75 Å². The second-order valence-corrected chi connectivity index (χ2v) is 7.47. The summed E-state index contributed by atoms with van der Waals surface area (Å²) in [4.78, 5) is 5.09. The molecule has 0 saturated carbocycles. The van der Waals surface area contributed by atoms with Crippen LogP contribution in [0, 0.1) is 19.8 Å². The van der Waals surface area contributed by atoms with E-state index in [1.54, 1.807) is 7.11 Å². The van der Waals surface area contributed by atoms with Crippen LogP contribution >= 0.6 is 0 Å². The van der Waals surface area contributed by atoms with Crippen LogP contribution in [0.2, 0.25) is 0 Å². The molecule has 2 rings (SSSR count). The summed E-state index contributed by atoms with van der Waals surface area (Å²) >= 11 is 0. The summed E-state index contributed by atoms with van der Waals surface area (Å²) in [5, 5.41) is 9.48. The minimum atomic E-state index is 0.261. The highest BCUT2D eigenvalue weighted by Gasteiger charge is 2.27. The Hall–Kier alpha value is -1.10. The summed E-state index contributed by atoms with van der Waals surface area (Å²) in [5.74, 6) is 1.66. The number of aliphatic hydroxyl groups excluding tert-OH is 1. The fourth-order valence-electron chi connectivity index (χ4n) is 3.73. The molecule has 1 fully saturated rings. The number of methoxy groups -OCH3 is 1. The van der Waals surface area contributed by atoms with Gasteiger partial charge in [0.05, 0.1) is 7.11 Å². The zero-order valence-electron chi connectivity index (χ0n) is 16.0. The Morgan fingerprint density at radius 3 is 2.58 bits per heavy atom. The third kappa shape index (κ3) is 4.71. The SMILES string of the molecule is COc1ccc(CN2CCN(CC(C)C)C[C@@H]2CCO)c(C)c1C. The first-order valence-electron chi connectivity index (χ1n) is 9.16. The summed E-state index contributed by atoms with van der Waals surface area (Å²) < 4.78 is 5.43. The number of hydrogen-bond donors (Lipinski definition) is 1. The monoisotopic (exact) mass is 334 g/mol. The average molecular weight is 335 g/mol. The molecule has 1 N–H and O–H groups in total. The van der Waals surface area contributed by atoms with Crippen molar-refractivity contribution in [3.63, 3.8) is 0 Å². The first-order chi connectivity index (χ1) is 11.5. The summed E-state index contributed by atoms with van der Waals surface area (Å²) in [6, 6.07) is 4.70. The Labute approximate surface area is 147 Å². The lowest BCUT2D eigenvalue weighted by Crippen LogP contribution is -2.53. The van der Waals surface area contributed by atoms with Crippen LogP contribution in [0.3, 0.4) is 0 Å². The fraction of sp³-hybridized carbons (Fsp3) is 0.700. The average Bonchev–Trinajstić information content (AvgIpc) is 2.54. The van der Waals surface area contributed by atoms with Gasteiger partial charge in [0.2, 0.25) is 0 Å². The minimum Gasteiger partial charge on any atom is -0.496 e. The van der Waals surface area contributed by atoms with Crippen molar-refractivity contribution in [2.75, 3.05) is 39.9 Å². The molecule has 136 valence electrons. The van der Waals surface area contributed by atoms with Crippen molar-refractivity contribution in [1.29, 1.82) is 0 Å². The van der Waals surface area contributed by atoms with Gasteiger partial charge in [-0.25, -0.2) is 0 Å². The van der Waals surface area contributed by atoms with Gasteiger partial charge in [0.25, 0.3) is 0 Å². The molecule has 1 aromatic carbocycles. The van der Waals surface area contributed by atoms with E-state index in [0.717, 1.165) is 44.9 Å². The highest BCUT2D eigenvalue weighted by atomic mass is 16.5. The lowest BCUT2D eigenvalue weighted by Gasteiger charge is -2.42. The van der Waals surface area contributed by atoms with Crippen molar-refractivity contribution in [3.05, 3.63) is 28.8 Å². The van der Waals surface area contributed by atoms with Gasteiger partial charge in [0.1, 0.15) is 5.75 Å². The lowest BCUT2D eigenvalue weighted by atomic mass is 10.00. The molecule has 0 spiro atoms. The molecular formula is C20H34N2O2. The number of aliphatic hydroxyl groups is 1. The number of ether oxygens (including phenoxy) is 1. The molecular weight excluding hydrogens is 300 g/mol. The molecule has 0 unspecified atom stereocenters. The van der Waals surface area contributed by atoms with Crippen molar-refractivity contribution >= 4 is 0 Å². The van der Waals surface area contributed by atoms with Gasteiger partial charge >= 0.3 is 0 Å². The van der Waals surface area contributed by atoms with E-state index < -0.39 is 0 Å². The molecule has 1 aliphatic heterocycles. The number of piperazine rings is 1. The van der Waals surface area contributed by atoms with Crippen molar-refractivity contribution in [2.45, 2.75) is 46.7 Å². The van der Waals surface area contributed by atoms with Gasteiger partial charge in [-0.05, 0) is 48.9 Å². The van der Waals surface area contributed by atoms with Crippen LogP contribution in [0.5, 0.6) is 5.75 Å². The summed E-state index contributed by atoms with van der Waals surface area (Å²) in [7, 11) is 1.73. The molecule has 4 heteroatoms. The predicted octanol–water partition coefficient (Wildman–Crippen LogP) is 2.84. The molecule has 1 heterocycles. The zero-order valence-corrected chi connectivity index (χ0v) is 16.0. The second-order valence-electron chi connectivity index (χ2n) is 7.47. The van der Waals surface area contributed by atoms with Crippen LogP contribution in [0.25, 0.3) is 0 Å². The molecule has 1 saturated heterocycles. The molecule has 0 bridgehead atoms. The molecule has 24 heavy (non-hydrogen) atoms. The highest BCUT2D eigenvalue weighted by molar-refractivity contribution is 5.43. The number of nitrogens with zero attached hydrogens (tertiary/aromatic N) is 2. The van der Waals surface area contributed by atoms with E-state index in [2.05, 4.69) is 49.6 Å². The molecule has 0 amide bonds. The fourth-order valence-corrected chi connectivity index (χ4v) is 3.73. The van der Waals surface area contributed by atoms with Gasteiger partial charge < -0.3 is 14.7 Å². The van der Waals surface area contributed by atoms with Gasteiger partial charge in [-0.2, -0.15) is 0 Å². The highest BCUT2D eigenvalue weighted by Crippen LogP contribution is 2.26. The van der Waals surface area contributed by atoms with E-state index in [9.17, 15) is 5.11 Å². The van der Waals surface area contributed by atoms with E-state index in [1.165, 1.54) is 16.7 Å². The van der Waals surface area contributed by atoms with Crippen LogP contribution in [-0.4, -0.2) is 60.8 Å². The van der Waals surface area contributed by atoms with Gasteiger partial charge in [-0.3, -0.25) is 4.90 Å². The van der Waals surface area contributed by atoms with E-state index in [1.807, 2.05) is 0 Å². The maximum atomic E-state index is 9.48. The normalized spacial score (nSPS) is 19.9. The molecule has 1 atom stereocenters. The Morgan fingerprint density at radius 1 is 1.21 bits per heavy atom. The second kappa shape index (κ2) is 8.84. The summed E-state index contributed by atoms with van der Waals surface area (Å²) in [5.41, 5.74) is 3.92.